The topological polar surface area (TPSA) is 38.9 Å². The monoisotopic (exact) mass is 898 g/mol. The van der Waals surface area contributed by atoms with Crippen LogP contribution in [0, 0.1) is 0 Å². The van der Waals surface area contributed by atoms with Crippen molar-refractivity contribution < 1.29 is 4.42 Å². The SMILES string of the molecule is c1ccc([Si](c2ccccc2)(c2nccc3c2oc2c(-c4cccc5c4sc4ccccc45)cccc23)c2cccc3c2sc2c(-c4cccc5c4sc4ccccc45)nccc23)cc1. The first-order chi connectivity index (χ1) is 32.3. The van der Waals surface area contributed by atoms with Crippen LogP contribution in [0.1, 0.15) is 0 Å². The van der Waals surface area contributed by atoms with Crippen LogP contribution >= 0.6 is 34.0 Å². The Morgan fingerprint density at radius 3 is 1.52 bits per heavy atom. The molecule has 0 saturated carbocycles. The van der Waals surface area contributed by atoms with E-state index in [1.165, 1.54) is 87.2 Å². The molecule has 0 aliphatic carbocycles. The zero-order chi connectivity index (χ0) is 42.6. The number of aromatic nitrogens is 2. The highest BCUT2D eigenvalue weighted by Crippen LogP contribution is 2.46. The Balaban J connectivity index is 1.07. The first-order valence-corrected chi connectivity index (χ1v) is 26.2. The lowest BCUT2D eigenvalue weighted by Gasteiger charge is -2.33. The lowest BCUT2D eigenvalue weighted by atomic mass is 10.0. The number of hydrogen-bond donors (Lipinski definition) is 0. The molecule has 0 fully saturated rings. The minimum Gasteiger partial charge on any atom is -0.454 e. The van der Waals surface area contributed by atoms with Crippen molar-refractivity contribution in [1.29, 1.82) is 0 Å². The lowest BCUT2D eigenvalue weighted by molar-refractivity contribution is 0.671. The Bertz CT molecular complexity index is 3930. The highest BCUT2D eigenvalue weighted by Gasteiger charge is 2.47. The summed E-state index contributed by atoms with van der Waals surface area (Å²) in [5.41, 5.74) is 6.20. The molecule has 8 aromatic carbocycles. The van der Waals surface area contributed by atoms with Crippen molar-refractivity contribution in [2.45, 2.75) is 0 Å². The molecular weight excluding hydrogens is 865 g/mol. The van der Waals surface area contributed by atoms with Crippen molar-refractivity contribution in [3.63, 3.8) is 0 Å². The Hall–Kier alpha value is -7.26. The zero-order valence-corrected chi connectivity index (χ0v) is 38.1. The number of benzene rings is 8. The minimum atomic E-state index is -3.29. The average molecular weight is 899 g/mol. The maximum absolute atomic E-state index is 7.45. The molecule has 0 radical (unpaired) electrons. The summed E-state index contributed by atoms with van der Waals surface area (Å²) in [6, 6.07) is 70.9. The first-order valence-electron chi connectivity index (χ1n) is 21.8. The molecule has 0 spiro atoms. The molecule has 14 aromatic rings. The number of pyridine rings is 2. The van der Waals surface area contributed by atoms with Gasteiger partial charge in [-0.25, -0.2) is 0 Å². The number of hydrogen-bond acceptors (Lipinski definition) is 6. The third-order valence-electron chi connectivity index (χ3n) is 13.4. The summed E-state index contributed by atoms with van der Waals surface area (Å²) in [5, 5.41) is 14.5. The number of rotatable bonds is 6. The molecule has 0 atom stereocenters. The van der Waals surface area contributed by atoms with E-state index in [1.807, 2.05) is 46.4 Å². The van der Waals surface area contributed by atoms with Gasteiger partial charge in [-0.2, -0.15) is 0 Å². The highest BCUT2D eigenvalue weighted by atomic mass is 32.1. The van der Waals surface area contributed by atoms with Crippen LogP contribution in [0.2, 0.25) is 0 Å². The second-order valence-electron chi connectivity index (χ2n) is 16.7. The van der Waals surface area contributed by atoms with Gasteiger partial charge >= 0.3 is 0 Å². The summed E-state index contributed by atoms with van der Waals surface area (Å²) in [5.74, 6) is 0. The molecular formula is C58H34N2OS3Si. The number of furan rings is 1. The highest BCUT2D eigenvalue weighted by molar-refractivity contribution is 7.31. The molecule has 14 rings (SSSR count). The van der Waals surface area contributed by atoms with E-state index in [0.29, 0.717) is 0 Å². The average Bonchev–Trinajstić information content (AvgIpc) is 4.16. The van der Waals surface area contributed by atoms with E-state index < -0.39 is 8.07 Å². The summed E-state index contributed by atoms with van der Waals surface area (Å²) in [7, 11) is -3.29. The van der Waals surface area contributed by atoms with Gasteiger partial charge in [0.2, 0.25) is 8.07 Å². The maximum Gasteiger partial charge on any atom is 0.208 e. The van der Waals surface area contributed by atoms with E-state index in [2.05, 4.69) is 194 Å². The molecule has 6 aromatic heterocycles. The van der Waals surface area contributed by atoms with Crippen LogP contribution < -0.4 is 20.9 Å². The Labute approximate surface area is 386 Å². The number of nitrogens with zero attached hydrogens (tertiary/aromatic N) is 2. The molecule has 0 aliphatic rings. The normalized spacial score (nSPS) is 12.3. The van der Waals surface area contributed by atoms with Crippen LogP contribution in [0.5, 0.6) is 0 Å². The second kappa shape index (κ2) is 14.4. The quantitative estimate of drug-likeness (QED) is 0.123. The predicted octanol–water partition coefficient (Wildman–Crippen LogP) is 14.2. The molecule has 0 amide bonds. The third kappa shape index (κ3) is 5.32. The fourth-order valence-corrected chi connectivity index (χ4v) is 19.6. The summed E-state index contributed by atoms with van der Waals surface area (Å²) >= 11 is 5.57. The van der Waals surface area contributed by atoms with E-state index in [1.54, 1.807) is 0 Å². The lowest BCUT2D eigenvalue weighted by Crippen LogP contribution is -2.75. The van der Waals surface area contributed by atoms with E-state index >= 15 is 0 Å². The van der Waals surface area contributed by atoms with E-state index in [9.17, 15) is 0 Å². The smallest absolute Gasteiger partial charge is 0.208 e. The van der Waals surface area contributed by atoms with Gasteiger partial charge in [-0.05, 0) is 39.8 Å². The van der Waals surface area contributed by atoms with Crippen LogP contribution in [-0.2, 0) is 0 Å². The van der Waals surface area contributed by atoms with Crippen LogP contribution in [0.25, 0.3) is 105 Å². The van der Waals surface area contributed by atoms with Crippen LogP contribution in [0.15, 0.2) is 211 Å². The van der Waals surface area contributed by atoms with Crippen molar-refractivity contribution >= 4 is 145 Å². The van der Waals surface area contributed by atoms with Crippen molar-refractivity contribution in [2.75, 3.05) is 0 Å². The summed E-state index contributed by atoms with van der Waals surface area (Å²) in [4.78, 5) is 10.7. The summed E-state index contributed by atoms with van der Waals surface area (Å²) < 4.78 is 15.0. The van der Waals surface area contributed by atoms with Crippen molar-refractivity contribution in [2.24, 2.45) is 0 Å². The van der Waals surface area contributed by atoms with Gasteiger partial charge in [0.15, 0.2) is 5.58 Å². The second-order valence-corrected chi connectivity index (χ2v) is 23.5. The molecule has 0 saturated heterocycles. The van der Waals surface area contributed by atoms with E-state index in [0.717, 1.165) is 38.5 Å². The zero-order valence-electron chi connectivity index (χ0n) is 34.7. The summed E-state index contributed by atoms with van der Waals surface area (Å²) in [6.45, 7) is 0. The first kappa shape index (κ1) is 37.1. The van der Waals surface area contributed by atoms with Gasteiger partial charge < -0.3 is 4.42 Å². The number of para-hydroxylation sites is 1. The Morgan fingerprint density at radius 2 is 0.831 bits per heavy atom. The predicted molar refractivity (Wildman–Crippen MR) is 282 cm³/mol. The van der Waals surface area contributed by atoms with Crippen molar-refractivity contribution in [1.82, 2.24) is 9.97 Å². The number of fused-ring (bicyclic) bond motifs is 12. The summed E-state index contributed by atoms with van der Waals surface area (Å²) in [6.07, 6.45) is 4.01. The van der Waals surface area contributed by atoms with Crippen LogP contribution in [-0.4, -0.2) is 18.0 Å². The van der Waals surface area contributed by atoms with Crippen LogP contribution in [0.4, 0.5) is 0 Å². The van der Waals surface area contributed by atoms with Gasteiger partial charge in [0.1, 0.15) is 5.58 Å². The van der Waals surface area contributed by atoms with Gasteiger partial charge in [0.05, 0.1) is 15.7 Å². The molecule has 3 nitrogen and oxygen atoms in total. The molecule has 65 heavy (non-hydrogen) atoms. The molecule has 304 valence electrons. The molecule has 7 heteroatoms. The molecule has 0 aliphatic heterocycles. The van der Waals surface area contributed by atoms with Crippen LogP contribution in [0.3, 0.4) is 0 Å². The molecule has 0 N–H and O–H groups in total. The fourth-order valence-electron chi connectivity index (χ4n) is 10.6. The molecule has 6 heterocycles. The molecule has 0 bridgehead atoms. The molecule has 0 unspecified atom stereocenters. The largest absolute Gasteiger partial charge is 0.454 e. The maximum atomic E-state index is 7.45. The minimum absolute atomic E-state index is 0.842. The standard InChI is InChI=1S/C58H34N2OS3Si/c1-3-15-35(16-4-1)65(36-17-5-2-6-18-36,50-30-14-26-45-46-32-33-59-51(57(46)64-56(45)50)47-27-13-24-43-38-20-8-10-29-49(38)63-55(43)47)58-53-41(31-34-60-58)39-21-11-22-40(52(39)61-53)44-25-12-23-42-37-19-7-9-28-48(37)62-54(42)44/h1-34H. The van der Waals surface area contributed by atoms with E-state index in [4.69, 9.17) is 14.4 Å². The fraction of sp³-hybridized carbons (Fsp3) is 0. The van der Waals surface area contributed by atoms with E-state index in [-0.39, 0.29) is 0 Å². The Morgan fingerprint density at radius 1 is 0.338 bits per heavy atom. The van der Waals surface area contributed by atoms with Gasteiger partial charge in [0, 0.05) is 95.7 Å². The van der Waals surface area contributed by atoms with Gasteiger partial charge in [0.25, 0.3) is 0 Å². The van der Waals surface area contributed by atoms with Crippen molar-refractivity contribution in [3.05, 3.63) is 207 Å². The van der Waals surface area contributed by atoms with Gasteiger partial charge in [-0.1, -0.05) is 170 Å². The Kier molecular flexibility index (Phi) is 8.21. The third-order valence-corrected chi connectivity index (χ3v) is 21.9. The van der Waals surface area contributed by atoms with Crippen molar-refractivity contribution in [3.8, 4) is 22.4 Å². The van der Waals surface area contributed by atoms with Gasteiger partial charge in [-0.3, -0.25) is 9.97 Å². The number of thiophene rings is 3. The van der Waals surface area contributed by atoms with Gasteiger partial charge in [-0.15, -0.1) is 34.0 Å².